The average molecular weight is 934 g/mol. The molecule has 340 valence electrons. The van der Waals surface area contributed by atoms with E-state index >= 15 is 0 Å². The van der Waals surface area contributed by atoms with Crippen molar-refractivity contribution in [2.75, 3.05) is 32.3 Å². The van der Waals surface area contributed by atoms with E-state index < -0.39 is 24.1 Å². The highest BCUT2D eigenvalue weighted by atomic mass is 35.5. The SMILES string of the molecule is CC1COC(Cn2cncn2)(c2ccc(Oc3ccc(Cl)cc3)cc2Cl)O1.COCC(=O)N(c1c(C)cccc1C)[C@H](C)C(=O)OC.N#Cc1c[nH]cc1-c1cccc2c1OC(F)(F)O2. The highest BCUT2D eigenvalue weighted by molar-refractivity contribution is 6.31. The number of para-hydroxylation sites is 2. The number of benzene rings is 4. The van der Waals surface area contributed by atoms with Crippen molar-refractivity contribution in [1.29, 1.82) is 5.26 Å². The van der Waals surface area contributed by atoms with Crippen LogP contribution < -0.4 is 19.1 Å². The molecule has 2 aliphatic heterocycles. The van der Waals surface area contributed by atoms with Gasteiger partial charge in [0.15, 0.2) is 11.5 Å². The number of hydrogen-bond donors (Lipinski definition) is 1. The van der Waals surface area contributed by atoms with Gasteiger partial charge in [0, 0.05) is 41.2 Å². The predicted octanol–water partition coefficient (Wildman–Crippen LogP) is 9.38. The number of fused-ring (bicyclic) bond motifs is 1. The quantitative estimate of drug-likeness (QED) is 0.122. The van der Waals surface area contributed by atoms with Gasteiger partial charge in [0.25, 0.3) is 5.91 Å². The third-order valence-electron chi connectivity index (χ3n) is 9.91. The Morgan fingerprint density at radius 2 is 1.71 bits per heavy atom. The maximum Gasteiger partial charge on any atom is 0.586 e. The largest absolute Gasteiger partial charge is 0.586 e. The summed E-state index contributed by atoms with van der Waals surface area (Å²) in [6.07, 6.45) is 2.40. The van der Waals surface area contributed by atoms with Gasteiger partial charge in [-0.3, -0.25) is 9.69 Å². The number of aromatic amines is 1. The molecular weight excluding hydrogens is 889 g/mol. The Balaban J connectivity index is 0.000000166. The van der Waals surface area contributed by atoms with Gasteiger partial charge in [0.1, 0.15) is 49.4 Å². The molecule has 8 rings (SSSR count). The maximum absolute atomic E-state index is 13.0. The molecule has 1 amide bonds. The fourth-order valence-electron chi connectivity index (χ4n) is 7.04. The zero-order chi connectivity index (χ0) is 46.9. The zero-order valence-corrected chi connectivity index (χ0v) is 37.5. The minimum Gasteiger partial charge on any atom is -0.467 e. The van der Waals surface area contributed by atoms with Crippen LogP contribution in [0.1, 0.15) is 36.1 Å². The number of hydrogen-bond acceptors (Lipinski definition) is 12. The molecular formula is C46H44Cl2F2N6O9. The lowest BCUT2D eigenvalue weighted by molar-refractivity contribution is -0.286. The second kappa shape index (κ2) is 21.0. The first-order valence-corrected chi connectivity index (χ1v) is 20.6. The number of halogens is 4. The van der Waals surface area contributed by atoms with Crippen LogP contribution in [0.4, 0.5) is 14.5 Å². The molecule has 0 aliphatic carbocycles. The van der Waals surface area contributed by atoms with Gasteiger partial charge in [-0.05, 0) is 87.4 Å². The molecule has 0 bridgehead atoms. The summed E-state index contributed by atoms with van der Waals surface area (Å²) < 4.78 is 64.2. The number of esters is 1. The molecule has 2 unspecified atom stereocenters. The highest BCUT2D eigenvalue weighted by Gasteiger charge is 2.45. The van der Waals surface area contributed by atoms with Gasteiger partial charge in [0.2, 0.25) is 5.79 Å². The molecule has 0 saturated carbocycles. The Labute approximate surface area is 383 Å². The molecule has 0 spiro atoms. The number of alkyl halides is 2. The summed E-state index contributed by atoms with van der Waals surface area (Å²) in [5, 5.41) is 14.2. The van der Waals surface area contributed by atoms with Gasteiger partial charge in [-0.25, -0.2) is 14.5 Å². The topological polar surface area (TPSA) is 172 Å². The van der Waals surface area contributed by atoms with E-state index in [4.69, 9.17) is 52.1 Å². The van der Waals surface area contributed by atoms with Crippen LogP contribution >= 0.6 is 23.2 Å². The first-order valence-electron chi connectivity index (χ1n) is 19.9. The number of H-pyrrole nitrogens is 1. The summed E-state index contributed by atoms with van der Waals surface area (Å²) in [6, 6.07) is 24.1. The predicted molar refractivity (Wildman–Crippen MR) is 235 cm³/mol. The van der Waals surface area contributed by atoms with Crippen LogP contribution in [-0.2, 0) is 40.9 Å². The molecule has 19 heteroatoms. The van der Waals surface area contributed by atoms with E-state index in [1.807, 2.05) is 57.2 Å². The Bertz CT molecular complexity index is 2620. The van der Waals surface area contributed by atoms with E-state index in [1.54, 1.807) is 66.6 Å². The first-order chi connectivity index (χ1) is 31.1. The van der Waals surface area contributed by atoms with Crippen molar-refractivity contribution in [3.05, 3.63) is 136 Å². The molecule has 0 radical (unpaired) electrons. The van der Waals surface area contributed by atoms with E-state index in [9.17, 15) is 18.4 Å². The van der Waals surface area contributed by atoms with Crippen molar-refractivity contribution < 1.29 is 51.5 Å². The van der Waals surface area contributed by atoms with E-state index in [-0.39, 0.29) is 30.1 Å². The molecule has 1 fully saturated rings. The minimum absolute atomic E-state index is 0.0393. The van der Waals surface area contributed by atoms with Gasteiger partial charge in [-0.15, -0.1) is 8.78 Å². The van der Waals surface area contributed by atoms with Crippen molar-refractivity contribution in [3.8, 4) is 40.2 Å². The molecule has 4 aromatic carbocycles. The Morgan fingerprint density at radius 3 is 2.32 bits per heavy atom. The first kappa shape index (κ1) is 47.9. The van der Waals surface area contributed by atoms with Crippen molar-refractivity contribution >= 4 is 40.8 Å². The van der Waals surface area contributed by atoms with Crippen LogP contribution in [0, 0.1) is 25.2 Å². The molecule has 1 saturated heterocycles. The monoisotopic (exact) mass is 932 g/mol. The van der Waals surface area contributed by atoms with Gasteiger partial charge < -0.3 is 38.1 Å². The van der Waals surface area contributed by atoms with Gasteiger partial charge in [-0.1, -0.05) is 53.5 Å². The molecule has 3 atom stereocenters. The van der Waals surface area contributed by atoms with Crippen LogP contribution in [0.25, 0.3) is 11.1 Å². The lowest BCUT2D eigenvalue weighted by Crippen LogP contribution is -2.46. The van der Waals surface area contributed by atoms with Gasteiger partial charge in [0.05, 0.1) is 36.1 Å². The number of nitrogens with zero attached hydrogens (tertiary/aromatic N) is 5. The summed E-state index contributed by atoms with van der Waals surface area (Å²) in [4.78, 5) is 32.3. The number of carbonyl (C=O) groups is 2. The number of methoxy groups -OCH3 is 2. The lowest BCUT2D eigenvalue weighted by atomic mass is 10.0. The smallest absolute Gasteiger partial charge is 0.467 e. The number of amides is 1. The Morgan fingerprint density at radius 1 is 1.00 bits per heavy atom. The zero-order valence-electron chi connectivity index (χ0n) is 36.0. The number of rotatable bonds is 11. The van der Waals surface area contributed by atoms with Crippen LogP contribution in [0.3, 0.4) is 0 Å². The third-order valence-corrected chi connectivity index (χ3v) is 10.5. The lowest BCUT2D eigenvalue weighted by Gasteiger charge is -2.30. The number of nitrogens with one attached hydrogen (secondary N) is 1. The van der Waals surface area contributed by atoms with Crippen LogP contribution in [0.5, 0.6) is 23.0 Å². The molecule has 1 N–H and O–H groups in total. The number of aromatic nitrogens is 4. The number of nitriles is 1. The van der Waals surface area contributed by atoms with Crippen molar-refractivity contribution in [2.24, 2.45) is 0 Å². The molecule has 6 aromatic rings. The van der Waals surface area contributed by atoms with Crippen molar-refractivity contribution in [3.63, 3.8) is 0 Å². The van der Waals surface area contributed by atoms with E-state index in [2.05, 4.69) is 24.5 Å². The maximum atomic E-state index is 13.0. The minimum atomic E-state index is -3.67. The fraction of sp³-hybridized carbons (Fsp3) is 0.283. The van der Waals surface area contributed by atoms with Crippen LogP contribution in [0.15, 0.2) is 104 Å². The number of carbonyl (C=O) groups excluding carboxylic acids is 2. The molecule has 2 aliphatic rings. The molecule has 65 heavy (non-hydrogen) atoms. The third kappa shape index (κ3) is 11.4. The van der Waals surface area contributed by atoms with E-state index in [0.29, 0.717) is 56.9 Å². The molecule has 15 nitrogen and oxygen atoms in total. The number of aryl methyl sites for hydroxylation is 2. The van der Waals surface area contributed by atoms with Crippen molar-refractivity contribution in [1.82, 2.24) is 19.7 Å². The summed E-state index contributed by atoms with van der Waals surface area (Å²) in [5.41, 5.74) is 4.52. The van der Waals surface area contributed by atoms with Crippen molar-refractivity contribution in [2.45, 2.75) is 58.5 Å². The van der Waals surface area contributed by atoms with Gasteiger partial charge >= 0.3 is 12.3 Å². The summed E-state index contributed by atoms with van der Waals surface area (Å²) in [6.45, 7) is 8.12. The van der Waals surface area contributed by atoms with Crippen LogP contribution in [0.2, 0.25) is 10.0 Å². The summed E-state index contributed by atoms with van der Waals surface area (Å²) in [7, 11) is 2.76. The Hall–Kier alpha value is -6.55. The van der Waals surface area contributed by atoms with Gasteiger partial charge in [-0.2, -0.15) is 10.4 Å². The number of anilines is 1. The van der Waals surface area contributed by atoms with Crippen LogP contribution in [-0.4, -0.2) is 77.5 Å². The second-order valence-electron chi connectivity index (χ2n) is 14.6. The molecule has 2 aromatic heterocycles. The fourth-order valence-corrected chi connectivity index (χ4v) is 7.48. The normalized spacial score (nSPS) is 17.1. The average Bonchev–Trinajstić information content (AvgIpc) is 4.10. The molecule has 4 heterocycles. The Kier molecular flexibility index (Phi) is 15.5. The van der Waals surface area contributed by atoms with E-state index in [1.165, 1.54) is 37.7 Å². The van der Waals surface area contributed by atoms with E-state index in [0.717, 1.165) is 16.8 Å². The summed E-state index contributed by atoms with van der Waals surface area (Å²) >= 11 is 12.5. The number of ether oxygens (including phenoxy) is 7. The second-order valence-corrected chi connectivity index (χ2v) is 15.5. The standard InChI is InChI=1S/C19H17Cl2N3O3.C15H21NO4.C12H6F2N2O2/c1-13-9-25-19(27-13,10-24-12-22-11-23-24)17-7-6-16(8-18(17)21)26-15-4-2-14(20)3-5-15;1-10-7-6-8-11(2)14(10)16(13(17)9-19-4)12(3)15(18)20-5;13-12(14)17-10-3-1-2-8(11(10)18-12)9-6-16-5-7(9)4-15/h2-8,11-13H,9-10H2,1H3;6-8,12H,9H2,1-5H3;1-3,5-6,16H/t;12-;/m.1./s1. The highest BCUT2D eigenvalue weighted by Crippen LogP contribution is 2.47. The summed E-state index contributed by atoms with van der Waals surface area (Å²) in [5.74, 6) is -0.583.